The van der Waals surface area contributed by atoms with Crippen LogP contribution < -0.4 is 10.6 Å². The number of rotatable bonds is 1. The predicted octanol–water partition coefficient (Wildman–Crippen LogP) is 6.91. The van der Waals surface area contributed by atoms with Crippen molar-refractivity contribution >= 4 is 17.2 Å². The van der Waals surface area contributed by atoms with Crippen molar-refractivity contribution in [2.75, 3.05) is 10.6 Å². The molecule has 1 atom stereocenters. The molecule has 1 aliphatic heterocycles. The Hall–Kier alpha value is -2.83. The van der Waals surface area contributed by atoms with Gasteiger partial charge in [0.15, 0.2) is 5.78 Å². The van der Waals surface area contributed by atoms with Crippen LogP contribution in [0.15, 0.2) is 47.7 Å². The van der Waals surface area contributed by atoms with Crippen LogP contribution in [0.1, 0.15) is 61.3 Å². The lowest BCUT2D eigenvalue weighted by atomic mass is 9.70. The number of fused-ring (bicyclic) bond motifs is 1. The number of carbonyl (C=O) groups excluding carboxylic acids is 1. The van der Waals surface area contributed by atoms with Crippen molar-refractivity contribution < 1.29 is 22.4 Å². The van der Waals surface area contributed by atoms with Crippen molar-refractivity contribution in [2.24, 2.45) is 5.41 Å². The van der Waals surface area contributed by atoms with E-state index in [0.717, 1.165) is 49.4 Å². The molecule has 0 aromatic heterocycles. The van der Waals surface area contributed by atoms with Crippen molar-refractivity contribution in [1.29, 1.82) is 0 Å². The van der Waals surface area contributed by atoms with Crippen LogP contribution in [0.3, 0.4) is 0 Å². The standard InChI is InChI=1S/C25H24F4N2O/c1-14-7-8-17-18(11-14)31-23(21-15(25(27,28)29)5-4-6-16(21)26)22-19(30-17)12-24(13-20(22)32)9-2-3-10-24/h4-8,11,23,30-31H,2-3,9-10,12-13H2,1H3. The minimum Gasteiger partial charge on any atom is -0.372 e. The molecule has 1 heterocycles. The van der Waals surface area contributed by atoms with E-state index in [9.17, 15) is 18.0 Å². The van der Waals surface area contributed by atoms with E-state index in [1.165, 1.54) is 0 Å². The van der Waals surface area contributed by atoms with Crippen molar-refractivity contribution in [1.82, 2.24) is 0 Å². The van der Waals surface area contributed by atoms with Gasteiger partial charge >= 0.3 is 6.18 Å². The molecule has 2 aromatic rings. The Morgan fingerprint density at radius 3 is 2.50 bits per heavy atom. The fraction of sp³-hybridized carbons (Fsp3) is 0.400. The first-order valence-electron chi connectivity index (χ1n) is 10.9. The second kappa shape index (κ2) is 7.36. The molecule has 5 rings (SSSR count). The SMILES string of the molecule is Cc1ccc2c(c1)NC(c1c(F)cccc1C(F)(F)F)C1=C(CC3(CCCC3)CC1=O)N2. The molecule has 7 heteroatoms. The highest BCUT2D eigenvalue weighted by molar-refractivity contribution is 6.01. The van der Waals surface area contributed by atoms with Gasteiger partial charge in [-0.2, -0.15) is 13.2 Å². The van der Waals surface area contributed by atoms with Crippen LogP contribution in [0.5, 0.6) is 0 Å². The quantitative estimate of drug-likeness (QED) is 0.470. The summed E-state index contributed by atoms with van der Waals surface area (Å²) in [5, 5.41) is 6.44. The van der Waals surface area contributed by atoms with E-state index >= 15 is 4.39 Å². The Kier molecular flexibility index (Phi) is 4.84. The number of anilines is 2. The summed E-state index contributed by atoms with van der Waals surface area (Å²) in [5.41, 5.74) is 1.20. The maximum atomic E-state index is 15.0. The summed E-state index contributed by atoms with van der Waals surface area (Å²) >= 11 is 0. The number of halogens is 4. The van der Waals surface area contributed by atoms with Gasteiger partial charge in [-0.05, 0) is 61.4 Å². The van der Waals surface area contributed by atoms with Crippen LogP contribution in [0.2, 0.25) is 0 Å². The van der Waals surface area contributed by atoms with Crippen molar-refractivity contribution in [3.63, 3.8) is 0 Å². The van der Waals surface area contributed by atoms with Crippen molar-refractivity contribution in [3.8, 4) is 0 Å². The first kappa shape index (κ1) is 21.0. The monoisotopic (exact) mass is 444 g/mol. The molecule has 0 amide bonds. The molecule has 32 heavy (non-hydrogen) atoms. The lowest BCUT2D eigenvalue weighted by molar-refractivity contribution is -0.138. The highest BCUT2D eigenvalue weighted by Crippen LogP contribution is 2.53. The molecule has 1 fully saturated rings. The third-order valence-corrected chi connectivity index (χ3v) is 7.07. The van der Waals surface area contributed by atoms with E-state index in [0.29, 0.717) is 23.5 Å². The third-order valence-electron chi connectivity index (χ3n) is 7.07. The molecule has 1 spiro atoms. The van der Waals surface area contributed by atoms with Crippen LogP contribution in [0.25, 0.3) is 0 Å². The highest BCUT2D eigenvalue weighted by Gasteiger charge is 2.47. The second-order valence-electron chi connectivity index (χ2n) is 9.33. The van der Waals surface area contributed by atoms with Gasteiger partial charge in [0.05, 0.1) is 23.0 Å². The average molecular weight is 444 g/mol. The first-order valence-corrected chi connectivity index (χ1v) is 10.9. The smallest absolute Gasteiger partial charge is 0.372 e. The number of carbonyl (C=O) groups is 1. The van der Waals surface area contributed by atoms with E-state index in [1.54, 1.807) is 6.07 Å². The topological polar surface area (TPSA) is 41.1 Å². The van der Waals surface area contributed by atoms with Gasteiger partial charge < -0.3 is 10.6 Å². The lowest BCUT2D eigenvalue weighted by Crippen LogP contribution is -2.34. The van der Waals surface area contributed by atoms with Crippen LogP contribution in [0.4, 0.5) is 28.9 Å². The van der Waals surface area contributed by atoms with Gasteiger partial charge in [-0.3, -0.25) is 4.79 Å². The molecule has 1 saturated carbocycles. The molecule has 3 nitrogen and oxygen atoms in total. The molecule has 2 aliphatic carbocycles. The van der Waals surface area contributed by atoms with Gasteiger partial charge in [0.1, 0.15) is 5.82 Å². The maximum Gasteiger partial charge on any atom is 0.416 e. The van der Waals surface area contributed by atoms with Crippen LogP contribution in [0, 0.1) is 18.2 Å². The zero-order valence-corrected chi connectivity index (χ0v) is 17.7. The number of Topliss-reactive ketones (excluding diaryl/α,β-unsaturated/α-hetero) is 1. The molecular formula is C25H24F4N2O. The molecule has 0 radical (unpaired) electrons. The van der Waals surface area contributed by atoms with Crippen LogP contribution >= 0.6 is 0 Å². The largest absolute Gasteiger partial charge is 0.416 e. The van der Waals surface area contributed by atoms with E-state index in [-0.39, 0.29) is 23.2 Å². The predicted molar refractivity (Wildman–Crippen MR) is 115 cm³/mol. The molecular weight excluding hydrogens is 420 g/mol. The van der Waals surface area contributed by atoms with Gasteiger partial charge in [-0.15, -0.1) is 0 Å². The maximum absolute atomic E-state index is 15.0. The number of hydrogen-bond acceptors (Lipinski definition) is 3. The summed E-state index contributed by atoms with van der Waals surface area (Å²) in [5.74, 6) is -1.19. The van der Waals surface area contributed by atoms with E-state index < -0.39 is 29.2 Å². The second-order valence-corrected chi connectivity index (χ2v) is 9.33. The number of nitrogens with one attached hydrogen (secondary N) is 2. The van der Waals surface area contributed by atoms with E-state index in [1.807, 2.05) is 19.1 Å². The fourth-order valence-electron chi connectivity index (χ4n) is 5.63. The van der Waals surface area contributed by atoms with Gasteiger partial charge in [-0.25, -0.2) is 4.39 Å². The molecule has 1 unspecified atom stereocenters. The minimum atomic E-state index is -4.75. The molecule has 0 bridgehead atoms. The molecule has 2 N–H and O–H groups in total. The zero-order chi connectivity index (χ0) is 22.7. The average Bonchev–Trinajstić information content (AvgIpc) is 3.08. The molecule has 0 saturated heterocycles. The van der Waals surface area contributed by atoms with Crippen molar-refractivity contribution in [3.05, 3.63) is 70.2 Å². The van der Waals surface area contributed by atoms with Gasteiger partial charge in [0, 0.05) is 23.3 Å². The Balaban J connectivity index is 1.73. The summed E-state index contributed by atoms with van der Waals surface area (Å²) in [6, 6.07) is 7.27. The first-order chi connectivity index (χ1) is 15.2. The Bertz CT molecular complexity index is 1130. The van der Waals surface area contributed by atoms with Gasteiger partial charge in [0.2, 0.25) is 0 Å². The summed E-state index contributed by atoms with van der Waals surface area (Å²) in [6.07, 6.45) is 0.0382. The Morgan fingerprint density at radius 1 is 1.03 bits per heavy atom. The van der Waals surface area contributed by atoms with Crippen molar-refractivity contribution in [2.45, 2.75) is 57.7 Å². The number of benzene rings is 2. The third kappa shape index (κ3) is 3.48. The number of alkyl halides is 3. The summed E-state index contributed by atoms with van der Waals surface area (Å²) in [7, 11) is 0. The van der Waals surface area contributed by atoms with Crippen LogP contribution in [-0.2, 0) is 11.0 Å². The highest BCUT2D eigenvalue weighted by atomic mass is 19.4. The van der Waals surface area contributed by atoms with Crippen LogP contribution in [-0.4, -0.2) is 5.78 Å². The normalized spacial score (nSPS) is 22.2. The number of hydrogen-bond donors (Lipinski definition) is 2. The summed E-state index contributed by atoms with van der Waals surface area (Å²) in [4.78, 5) is 13.5. The molecule has 168 valence electrons. The Labute approximate surface area is 183 Å². The molecule has 3 aliphatic rings. The van der Waals surface area contributed by atoms with E-state index in [4.69, 9.17) is 0 Å². The number of allylic oxidation sites excluding steroid dienone is 1. The fourth-order valence-corrected chi connectivity index (χ4v) is 5.63. The lowest BCUT2D eigenvalue weighted by Gasteiger charge is -2.37. The van der Waals surface area contributed by atoms with Gasteiger partial charge in [-0.1, -0.05) is 25.0 Å². The minimum absolute atomic E-state index is 0.162. The van der Waals surface area contributed by atoms with E-state index in [2.05, 4.69) is 10.6 Å². The molecule has 2 aromatic carbocycles. The number of ketones is 1. The number of aryl methyl sites for hydroxylation is 1. The summed E-state index contributed by atoms with van der Waals surface area (Å²) < 4.78 is 56.7. The zero-order valence-electron chi connectivity index (χ0n) is 17.7. The van der Waals surface area contributed by atoms with Gasteiger partial charge in [0.25, 0.3) is 0 Å². The summed E-state index contributed by atoms with van der Waals surface area (Å²) in [6.45, 7) is 1.87. The Morgan fingerprint density at radius 2 is 1.78 bits per heavy atom.